The molecule has 25 heavy (non-hydrogen) atoms. The van der Waals surface area contributed by atoms with Crippen molar-refractivity contribution < 1.29 is 4.79 Å². The van der Waals surface area contributed by atoms with Crippen molar-refractivity contribution >= 4 is 5.91 Å². The van der Waals surface area contributed by atoms with E-state index in [1.165, 1.54) is 58.0 Å². The summed E-state index contributed by atoms with van der Waals surface area (Å²) in [6, 6.07) is 3.13. The molecular formula is C20H34N4O. The van der Waals surface area contributed by atoms with E-state index in [1.807, 2.05) is 0 Å². The molecule has 2 heterocycles. The molecule has 0 aromatic carbocycles. The highest BCUT2D eigenvalue weighted by atomic mass is 16.2. The van der Waals surface area contributed by atoms with Crippen molar-refractivity contribution in [2.24, 2.45) is 0 Å². The van der Waals surface area contributed by atoms with Gasteiger partial charge in [0.25, 0.3) is 0 Å². The number of rotatable bonds is 4. The molecule has 1 aliphatic carbocycles. The van der Waals surface area contributed by atoms with Crippen LogP contribution < -0.4 is 5.32 Å². The molecule has 5 nitrogen and oxygen atoms in total. The molecule has 0 bridgehead atoms. The Kier molecular flexibility index (Phi) is 6.72. The Labute approximate surface area is 152 Å². The molecule has 2 aliphatic heterocycles. The molecule has 0 atom stereocenters. The molecule has 5 heteroatoms. The van der Waals surface area contributed by atoms with Crippen LogP contribution in [0.15, 0.2) is 0 Å². The van der Waals surface area contributed by atoms with E-state index >= 15 is 0 Å². The van der Waals surface area contributed by atoms with Crippen LogP contribution in [0.4, 0.5) is 0 Å². The summed E-state index contributed by atoms with van der Waals surface area (Å²) in [6.45, 7) is 4.99. The number of carbonyl (C=O) groups excluding carboxylic acids is 1. The predicted molar refractivity (Wildman–Crippen MR) is 99.1 cm³/mol. The SMILES string of the molecule is N#CC1(NC(=O)CN2CCC(N3CCCCC3)CC2)CCCCCC1. The van der Waals surface area contributed by atoms with E-state index in [1.54, 1.807) is 0 Å². The van der Waals surface area contributed by atoms with E-state index < -0.39 is 5.54 Å². The number of piperidine rings is 2. The van der Waals surface area contributed by atoms with Gasteiger partial charge >= 0.3 is 0 Å². The van der Waals surface area contributed by atoms with Crippen LogP contribution in [0.2, 0.25) is 0 Å². The minimum absolute atomic E-state index is 0.0415. The lowest BCUT2D eigenvalue weighted by atomic mass is 9.92. The van der Waals surface area contributed by atoms with Crippen molar-refractivity contribution in [3.63, 3.8) is 0 Å². The molecule has 3 fully saturated rings. The number of nitrogens with zero attached hydrogens (tertiary/aromatic N) is 3. The lowest BCUT2D eigenvalue weighted by molar-refractivity contribution is -0.124. The Morgan fingerprint density at radius 2 is 1.56 bits per heavy atom. The summed E-state index contributed by atoms with van der Waals surface area (Å²) in [5.74, 6) is 0.0415. The lowest BCUT2D eigenvalue weighted by Gasteiger charge is -2.40. The molecule has 0 radical (unpaired) electrons. The van der Waals surface area contributed by atoms with Crippen LogP contribution in [-0.2, 0) is 4.79 Å². The molecule has 0 aromatic rings. The van der Waals surface area contributed by atoms with E-state index in [-0.39, 0.29) is 5.91 Å². The minimum Gasteiger partial charge on any atom is -0.337 e. The predicted octanol–water partition coefficient (Wildman–Crippen LogP) is 2.67. The summed E-state index contributed by atoms with van der Waals surface area (Å²) in [5, 5.41) is 12.7. The molecule has 0 unspecified atom stereocenters. The van der Waals surface area contributed by atoms with Gasteiger partial charge in [-0.2, -0.15) is 5.26 Å². The van der Waals surface area contributed by atoms with Gasteiger partial charge in [0, 0.05) is 19.1 Å². The van der Waals surface area contributed by atoms with Gasteiger partial charge in [-0.3, -0.25) is 9.69 Å². The van der Waals surface area contributed by atoms with Crippen molar-refractivity contribution in [1.29, 1.82) is 5.26 Å². The monoisotopic (exact) mass is 346 g/mol. The third-order valence-corrected chi connectivity index (χ3v) is 6.38. The molecular weight excluding hydrogens is 312 g/mol. The number of hydrogen-bond acceptors (Lipinski definition) is 4. The molecule has 3 aliphatic rings. The normalized spacial score (nSPS) is 26.5. The first-order valence-corrected chi connectivity index (χ1v) is 10.4. The number of likely N-dealkylation sites (tertiary alicyclic amines) is 2. The Balaban J connectivity index is 1.43. The van der Waals surface area contributed by atoms with Gasteiger partial charge in [-0.05, 0) is 51.6 Å². The molecule has 0 spiro atoms. The van der Waals surface area contributed by atoms with Crippen molar-refractivity contribution in [2.45, 2.75) is 82.2 Å². The van der Waals surface area contributed by atoms with Crippen LogP contribution in [0.25, 0.3) is 0 Å². The van der Waals surface area contributed by atoms with E-state index in [0.29, 0.717) is 12.6 Å². The third kappa shape index (κ3) is 5.18. The highest BCUT2D eigenvalue weighted by Gasteiger charge is 2.33. The molecule has 0 aromatic heterocycles. The highest BCUT2D eigenvalue weighted by molar-refractivity contribution is 5.79. The van der Waals surface area contributed by atoms with Gasteiger partial charge in [0.1, 0.15) is 5.54 Å². The number of carbonyl (C=O) groups is 1. The average molecular weight is 347 g/mol. The Bertz CT molecular complexity index is 465. The molecule has 3 rings (SSSR count). The maximum absolute atomic E-state index is 12.5. The van der Waals surface area contributed by atoms with Crippen molar-refractivity contribution in [3.05, 3.63) is 0 Å². The minimum atomic E-state index is -0.611. The van der Waals surface area contributed by atoms with E-state index in [0.717, 1.165) is 38.8 Å². The average Bonchev–Trinajstić information content (AvgIpc) is 2.89. The topological polar surface area (TPSA) is 59.4 Å². The van der Waals surface area contributed by atoms with Crippen LogP contribution >= 0.6 is 0 Å². The summed E-state index contributed by atoms with van der Waals surface area (Å²) in [5.41, 5.74) is -0.611. The first-order chi connectivity index (χ1) is 12.2. The van der Waals surface area contributed by atoms with Gasteiger partial charge in [-0.1, -0.05) is 32.1 Å². The molecule has 1 saturated carbocycles. The molecule has 2 saturated heterocycles. The molecule has 1 N–H and O–H groups in total. The quantitative estimate of drug-likeness (QED) is 0.795. The maximum Gasteiger partial charge on any atom is 0.235 e. The standard InChI is InChI=1S/C20H34N4O/c21-17-20(10-4-1-2-5-11-20)22-19(25)16-23-14-8-18(9-15-23)24-12-6-3-7-13-24/h18H,1-16H2,(H,22,25). The van der Waals surface area contributed by atoms with Crippen molar-refractivity contribution in [1.82, 2.24) is 15.1 Å². The maximum atomic E-state index is 12.5. The summed E-state index contributed by atoms with van der Waals surface area (Å²) in [7, 11) is 0. The number of nitrogens with one attached hydrogen (secondary N) is 1. The van der Waals surface area contributed by atoms with E-state index in [2.05, 4.69) is 21.2 Å². The summed E-state index contributed by atoms with van der Waals surface area (Å²) in [6.07, 6.45) is 12.5. The van der Waals surface area contributed by atoms with Gasteiger partial charge < -0.3 is 10.2 Å². The lowest BCUT2D eigenvalue weighted by Crippen LogP contribution is -2.52. The highest BCUT2D eigenvalue weighted by Crippen LogP contribution is 2.27. The van der Waals surface area contributed by atoms with Gasteiger partial charge in [-0.15, -0.1) is 0 Å². The van der Waals surface area contributed by atoms with Gasteiger partial charge in [0.2, 0.25) is 5.91 Å². The van der Waals surface area contributed by atoms with Crippen LogP contribution in [-0.4, -0.2) is 60.0 Å². The fraction of sp³-hybridized carbons (Fsp3) is 0.900. The van der Waals surface area contributed by atoms with Crippen molar-refractivity contribution in [3.8, 4) is 6.07 Å². The van der Waals surface area contributed by atoms with Gasteiger partial charge in [-0.25, -0.2) is 0 Å². The van der Waals surface area contributed by atoms with Gasteiger partial charge in [0.15, 0.2) is 0 Å². The van der Waals surface area contributed by atoms with E-state index in [9.17, 15) is 10.1 Å². The largest absolute Gasteiger partial charge is 0.337 e. The Hall–Kier alpha value is -1.12. The second-order valence-electron chi connectivity index (χ2n) is 8.26. The van der Waals surface area contributed by atoms with E-state index in [4.69, 9.17) is 0 Å². The Morgan fingerprint density at radius 1 is 0.960 bits per heavy atom. The van der Waals surface area contributed by atoms with Crippen LogP contribution in [0.5, 0.6) is 0 Å². The summed E-state index contributed by atoms with van der Waals surface area (Å²) in [4.78, 5) is 17.5. The zero-order valence-corrected chi connectivity index (χ0v) is 15.6. The summed E-state index contributed by atoms with van der Waals surface area (Å²) < 4.78 is 0. The third-order valence-electron chi connectivity index (χ3n) is 6.38. The number of nitriles is 1. The van der Waals surface area contributed by atoms with Crippen LogP contribution in [0.3, 0.4) is 0 Å². The number of hydrogen-bond donors (Lipinski definition) is 1. The second kappa shape index (κ2) is 9.00. The molecule has 140 valence electrons. The first kappa shape index (κ1) is 18.7. The smallest absolute Gasteiger partial charge is 0.235 e. The summed E-state index contributed by atoms with van der Waals surface area (Å²) >= 11 is 0. The van der Waals surface area contributed by atoms with Crippen molar-refractivity contribution in [2.75, 3.05) is 32.7 Å². The zero-order valence-electron chi connectivity index (χ0n) is 15.6. The Morgan fingerprint density at radius 3 is 2.16 bits per heavy atom. The fourth-order valence-corrected chi connectivity index (χ4v) is 4.83. The number of amides is 1. The van der Waals surface area contributed by atoms with Gasteiger partial charge in [0.05, 0.1) is 12.6 Å². The first-order valence-electron chi connectivity index (χ1n) is 10.4. The van der Waals surface area contributed by atoms with Crippen LogP contribution in [0, 0.1) is 11.3 Å². The second-order valence-corrected chi connectivity index (χ2v) is 8.26. The molecule has 1 amide bonds. The zero-order chi connectivity index (χ0) is 17.5. The fourth-order valence-electron chi connectivity index (χ4n) is 4.83. The van der Waals surface area contributed by atoms with Crippen LogP contribution in [0.1, 0.15) is 70.6 Å².